The molecule has 0 saturated carbocycles. The first kappa shape index (κ1) is 18.9. The monoisotopic (exact) mass is 274 g/mol. The van der Waals surface area contributed by atoms with Gasteiger partial charge in [-0.1, -0.05) is 83.6 Å². The number of unbranched alkanes of at least 4 members (excludes halogenated alkanes) is 7. The van der Waals surface area contributed by atoms with Gasteiger partial charge < -0.3 is 0 Å². The zero-order valence-electron chi connectivity index (χ0n) is 13.3. The smallest absolute Gasteiger partial charge is 0.0984 e. The molecule has 0 spiro atoms. The maximum absolute atomic E-state index is 4.80. The largest absolute Gasteiger partial charge is 0.206 e. The van der Waals surface area contributed by atoms with Gasteiger partial charge in [0.05, 0.1) is 12.7 Å². The topological polar surface area (TPSA) is 27.7 Å². The Balaban J connectivity index is 0.000000342. The van der Waals surface area contributed by atoms with Crippen molar-refractivity contribution in [3.8, 4) is 0 Å². The summed E-state index contributed by atoms with van der Waals surface area (Å²) in [5, 5.41) is 4.33. The Morgan fingerprint density at radius 2 is 1.37 bits per heavy atom. The fourth-order valence-electron chi connectivity index (χ4n) is 2.07. The molecule has 0 N–H and O–H groups in total. The summed E-state index contributed by atoms with van der Waals surface area (Å²) in [6.07, 6.45) is 14.9. The summed E-state index contributed by atoms with van der Waals surface area (Å²) in [6, 6.07) is 0. The normalized spacial score (nSPS) is 18.8. The van der Waals surface area contributed by atoms with Gasteiger partial charge in [-0.15, -0.1) is 0 Å². The van der Waals surface area contributed by atoms with Gasteiger partial charge in [-0.25, -0.2) is 9.78 Å². The van der Waals surface area contributed by atoms with E-state index in [-0.39, 0.29) is 6.10 Å². The lowest BCUT2D eigenvalue weighted by atomic mass is 10.1. The van der Waals surface area contributed by atoms with Crippen LogP contribution in [0, 0.1) is 0 Å². The minimum Gasteiger partial charge on any atom is -0.206 e. The standard InChI is InChI=1S/C10H22.C6H12O3/c1-3-5-7-9-10-8-6-4-2;1-2-3-6-4-5-7-9-8-6/h3-10H2,1-2H3;6H,2-5H2,1H3. The van der Waals surface area contributed by atoms with E-state index < -0.39 is 0 Å². The lowest BCUT2D eigenvalue weighted by Gasteiger charge is -2.18. The van der Waals surface area contributed by atoms with E-state index in [9.17, 15) is 0 Å². The summed E-state index contributed by atoms with van der Waals surface area (Å²) in [6.45, 7) is 7.32. The molecule has 0 bridgehead atoms. The van der Waals surface area contributed by atoms with E-state index in [1.807, 2.05) is 0 Å². The maximum atomic E-state index is 4.80. The van der Waals surface area contributed by atoms with Crippen molar-refractivity contribution in [1.82, 2.24) is 0 Å². The fraction of sp³-hybridized carbons (Fsp3) is 1.00. The summed E-state index contributed by atoms with van der Waals surface area (Å²) >= 11 is 0. The van der Waals surface area contributed by atoms with E-state index in [2.05, 4.69) is 30.7 Å². The van der Waals surface area contributed by atoms with Crippen LogP contribution in [0.4, 0.5) is 0 Å². The molecule has 0 amide bonds. The van der Waals surface area contributed by atoms with Gasteiger partial charge in [0.25, 0.3) is 0 Å². The summed E-state index contributed by atoms with van der Waals surface area (Å²) in [7, 11) is 0. The number of hydrogen-bond donors (Lipinski definition) is 0. The van der Waals surface area contributed by atoms with Crippen molar-refractivity contribution in [3.05, 3.63) is 0 Å². The lowest BCUT2D eigenvalue weighted by Crippen LogP contribution is -2.21. The molecule has 1 saturated heterocycles. The third kappa shape index (κ3) is 14.1. The quantitative estimate of drug-likeness (QED) is 0.405. The van der Waals surface area contributed by atoms with Gasteiger partial charge in [-0.3, -0.25) is 0 Å². The second-order valence-corrected chi connectivity index (χ2v) is 5.31. The lowest BCUT2D eigenvalue weighted by molar-refractivity contribution is -0.549. The maximum Gasteiger partial charge on any atom is 0.0984 e. The van der Waals surface area contributed by atoms with Gasteiger partial charge in [0.1, 0.15) is 0 Å². The first-order chi connectivity index (χ1) is 9.35. The third-order valence-corrected chi connectivity index (χ3v) is 3.31. The summed E-state index contributed by atoms with van der Waals surface area (Å²) < 4.78 is 0. The highest BCUT2D eigenvalue weighted by molar-refractivity contribution is 4.54. The molecule has 1 aliphatic rings. The second kappa shape index (κ2) is 15.9. The Kier molecular flexibility index (Phi) is 15.8. The van der Waals surface area contributed by atoms with Gasteiger partial charge in [0.2, 0.25) is 0 Å². The van der Waals surface area contributed by atoms with Crippen LogP contribution in [0.1, 0.15) is 91.4 Å². The van der Waals surface area contributed by atoms with Crippen LogP contribution in [-0.2, 0) is 14.8 Å². The van der Waals surface area contributed by atoms with Crippen molar-refractivity contribution in [3.63, 3.8) is 0 Å². The van der Waals surface area contributed by atoms with E-state index in [1.165, 1.54) is 51.4 Å². The molecule has 1 rings (SSSR count). The van der Waals surface area contributed by atoms with E-state index >= 15 is 0 Å². The van der Waals surface area contributed by atoms with Crippen LogP contribution in [0.3, 0.4) is 0 Å². The van der Waals surface area contributed by atoms with Crippen LogP contribution in [0.25, 0.3) is 0 Å². The molecule has 0 aliphatic carbocycles. The van der Waals surface area contributed by atoms with Crippen LogP contribution in [0.5, 0.6) is 0 Å². The molecule has 0 aromatic rings. The molecule has 1 unspecified atom stereocenters. The van der Waals surface area contributed by atoms with E-state index in [0.29, 0.717) is 6.61 Å². The molecular formula is C16H34O3. The molecule has 19 heavy (non-hydrogen) atoms. The highest BCUT2D eigenvalue weighted by atomic mass is 17.5. The van der Waals surface area contributed by atoms with Gasteiger partial charge in [0, 0.05) is 6.42 Å². The zero-order valence-corrected chi connectivity index (χ0v) is 13.3. The summed E-state index contributed by atoms with van der Waals surface area (Å²) in [5.74, 6) is 0. The van der Waals surface area contributed by atoms with E-state index in [4.69, 9.17) is 4.89 Å². The third-order valence-electron chi connectivity index (χ3n) is 3.31. The van der Waals surface area contributed by atoms with Gasteiger partial charge in [-0.05, 0) is 6.42 Å². The average molecular weight is 274 g/mol. The van der Waals surface area contributed by atoms with Crippen molar-refractivity contribution in [2.24, 2.45) is 0 Å². The minimum atomic E-state index is 0.253. The van der Waals surface area contributed by atoms with Crippen molar-refractivity contribution in [2.75, 3.05) is 6.61 Å². The minimum absolute atomic E-state index is 0.253. The molecule has 0 aromatic carbocycles. The Labute approximate surface area is 119 Å². The highest BCUT2D eigenvalue weighted by Crippen LogP contribution is 2.11. The second-order valence-electron chi connectivity index (χ2n) is 5.31. The number of rotatable bonds is 9. The van der Waals surface area contributed by atoms with Crippen LogP contribution in [-0.4, -0.2) is 12.7 Å². The zero-order chi connectivity index (χ0) is 14.2. The average Bonchev–Trinajstić information content (AvgIpc) is 2.45. The molecule has 1 fully saturated rings. The van der Waals surface area contributed by atoms with E-state index in [1.54, 1.807) is 0 Å². The summed E-state index contributed by atoms with van der Waals surface area (Å²) in [4.78, 5) is 9.32. The molecule has 1 heterocycles. The van der Waals surface area contributed by atoms with Crippen molar-refractivity contribution >= 4 is 0 Å². The molecule has 3 nitrogen and oxygen atoms in total. The van der Waals surface area contributed by atoms with Crippen LogP contribution < -0.4 is 0 Å². The van der Waals surface area contributed by atoms with Crippen LogP contribution >= 0.6 is 0 Å². The molecule has 116 valence electrons. The SMILES string of the molecule is CCCC1CCOOO1.CCCCCCCCCC. The molecule has 3 heteroatoms. The predicted octanol–water partition coefficient (Wildman–Crippen LogP) is 5.59. The predicted molar refractivity (Wildman–Crippen MR) is 79.7 cm³/mol. The first-order valence-electron chi connectivity index (χ1n) is 8.30. The Bertz CT molecular complexity index is 145. The molecule has 1 aliphatic heterocycles. The Morgan fingerprint density at radius 1 is 0.789 bits per heavy atom. The van der Waals surface area contributed by atoms with Gasteiger partial charge in [0.15, 0.2) is 0 Å². The Hall–Kier alpha value is -0.120. The fourth-order valence-corrected chi connectivity index (χ4v) is 2.07. The first-order valence-corrected chi connectivity index (χ1v) is 8.30. The number of hydrogen-bond acceptors (Lipinski definition) is 3. The van der Waals surface area contributed by atoms with Crippen molar-refractivity contribution in [2.45, 2.75) is 97.5 Å². The van der Waals surface area contributed by atoms with Crippen LogP contribution in [0.15, 0.2) is 0 Å². The van der Waals surface area contributed by atoms with Gasteiger partial charge >= 0.3 is 0 Å². The highest BCUT2D eigenvalue weighted by Gasteiger charge is 2.14. The van der Waals surface area contributed by atoms with Gasteiger partial charge in [-0.2, -0.15) is 0 Å². The van der Waals surface area contributed by atoms with Crippen LogP contribution in [0.2, 0.25) is 0 Å². The molecular weight excluding hydrogens is 240 g/mol. The molecule has 1 atom stereocenters. The summed E-state index contributed by atoms with van der Waals surface area (Å²) in [5.41, 5.74) is 0. The van der Waals surface area contributed by atoms with Crippen molar-refractivity contribution < 1.29 is 14.8 Å². The molecule has 0 radical (unpaired) electrons. The molecule has 0 aromatic heterocycles. The Morgan fingerprint density at radius 3 is 1.79 bits per heavy atom. The van der Waals surface area contributed by atoms with Crippen molar-refractivity contribution in [1.29, 1.82) is 0 Å². The van der Waals surface area contributed by atoms with E-state index in [0.717, 1.165) is 19.3 Å².